The molecule has 0 unspecified atom stereocenters. The van der Waals surface area contributed by atoms with Crippen LogP contribution < -0.4 is 0 Å². The van der Waals surface area contributed by atoms with Crippen molar-refractivity contribution in [1.29, 1.82) is 0 Å². The number of esters is 1. The van der Waals surface area contributed by atoms with E-state index >= 15 is 0 Å². The Morgan fingerprint density at radius 3 is 2.29 bits per heavy atom. The second kappa shape index (κ2) is 6.43. The largest absolute Gasteiger partial charge is 0.465 e. The van der Waals surface area contributed by atoms with Crippen molar-refractivity contribution in [2.75, 3.05) is 6.61 Å². The Kier molecular flexibility index (Phi) is 5.20. The highest BCUT2D eigenvalue weighted by molar-refractivity contribution is 5.76. The molecule has 0 heterocycles. The summed E-state index contributed by atoms with van der Waals surface area (Å²) in [5.41, 5.74) is 0.881. The Morgan fingerprint density at radius 1 is 1.18 bits per heavy atom. The van der Waals surface area contributed by atoms with Crippen LogP contribution in [0.4, 0.5) is 0 Å². The molecule has 0 saturated heterocycles. The van der Waals surface area contributed by atoms with Crippen LogP contribution in [0.5, 0.6) is 0 Å². The van der Waals surface area contributed by atoms with Gasteiger partial charge in [-0.3, -0.25) is 4.79 Å². The highest BCUT2D eigenvalue weighted by Crippen LogP contribution is 2.26. The third-order valence-electron chi connectivity index (χ3n) is 3.52. The van der Waals surface area contributed by atoms with Crippen molar-refractivity contribution in [3.8, 4) is 0 Å². The minimum Gasteiger partial charge on any atom is -0.465 e. The van der Waals surface area contributed by atoms with E-state index in [-0.39, 0.29) is 11.4 Å². The van der Waals surface area contributed by atoms with Gasteiger partial charge >= 0.3 is 5.97 Å². The van der Waals surface area contributed by atoms with E-state index in [1.165, 1.54) is 5.56 Å². The normalized spacial score (nSPS) is 11.2. The third-order valence-corrected chi connectivity index (χ3v) is 3.52. The first-order valence-electron chi connectivity index (χ1n) is 6.33. The van der Waals surface area contributed by atoms with Crippen molar-refractivity contribution in [1.82, 2.24) is 0 Å². The predicted molar refractivity (Wildman–Crippen MR) is 69.8 cm³/mol. The molecule has 0 aliphatic rings. The molecule has 94 valence electrons. The lowest BCUT2D eigenvalue weighted by Gasteiger charge is -2.23. The Labute approximate surface area is 104 Å². The number of hydrogen-bond donors (Lipinski definition) is 0. The number of benzene rings is 1. The van der Waals surface area contributed by atoms with Crippen LogP contribution in [0.1, 0.15) is 39.2 Å². The van der Waals surface area contributed by atoms with Gasteiger partial charge in [-0.1, -0.05) is 44.2 Å². The summed E-state index contributed by atoms with van der Waals surface area (Å²) >= 11 is 0. The van der Waals surface area contributed by atoms with Gasteiger partial charge in [-0.2, -0.15) is 0 Å². The molecule has 2 nitrogen and oxygen atoms in total. The highest BCUT2D eigenvalue weighted by atomic mass is 16.5. The summed E-state index contributed by atoms with van der Waals surface area (Å²) < 4.78 is 5.35. The number of ether oxygens (including phenoxy) is 1. The lowest BCUT2D eigenvalue weighted by Crippen LogP contribution is -2.29. The van der Waals surface area contributed by atoms with Gasteiger partial charge in [-0.25, -0.2) is 0 Å². The quantitative estimate of drug-likeness (QED) is 0.703. The SMILES string of the molecule is CCC(C)(CC)C(=O)OCCc1ccccc1. The van der Waals surface area contributed by atoms with Crippen molar-refractivity contribution < 1.29 is 9.53 Å². The second-order valence-corrected chi connectivity index (χ2v) is 4.64. The van der Waals surface area contributed by atoms with E-state index < -0.39 is 0 Å². The Hall–Kier alpha value is -1.31. The molecule has 0 saturated carbocycles. The Bertz CT molecular complexity index is 339. The van der Waals surface area contributed by atoms with Gasteiger partial charge < -0.3 is 4.74 Å². The van der Waals surface area contributed by atoms with Crippen LogP contribution in [0.25, 0.3) is 0 Å². The molecule has 0 spiro atoms. The predicted octanol–water partition coefficient (Wildman–Crippen LogP) is 3.60. The van der Waals surface area contributed by atoms with Crippen molar-refractivity contribution in [3.05, 3.63) is 35.9 Å². The minimum absolute atomic E-state index is 0.0709. The average Bonchev–Trinajstić information content (AvgIpc) is 2.39. The van der Waals surface area contributed by atoms with Crippen LogP contribution in [-0.2, 0) is 16.0 Å². The van der Waals surface area contributed by atoms with E-state index in [2.05, 4.69) is 0 Å². The summed E-state index contributed by atoms with van der Waals surface area (Å²) in [6.45, 7) is 6.50. The molecule has 0 radical (unpaired) electrons. The lowest BCUT2D eigenvalue weighted by atomic mass is 9.85. The van der Waals surface area contributed by atoms with Crippen LogP contribution in [0.3, 0.4) is 0 Å². The number of hydrogen-bond acceptors (Lipinski definition) is 2. The molecule has 0 aliphatic heterocycles. The molecule has 1 rings (SSSR count). The van der Waals surface area contributed by atoms with E-state index in [9.17, 15) is 4.79 Å². The molecule has 0 N–H and O–H groups in total. The van der Waals surface area contributed by atoms with Gasteiger partial charge in [-0.15, -0.1) is 0 Å². The van der Waals surface area contributed by atoms with Gasteiger partial charge in [0, 0.05) is 6.42 Å². The minimum atomic E-state index is -0.323. The second-order valence-electron chi connectivity index (χ2n) is 4.64. The highest BCUT2D eigenvalue weighted by Gasteiger charge is 2.30. The molecule has 0 aliphatic carbocycles. The fourth-order valence-corrected chi connectivity index (χ4v) is 1.62. The van der Waals surface area contributed by atoms with Gasteiger partial charge in [-0.05, 0) is 25.3 Å². The Morgan fingerprint density at radius 2 is 1.76 bits per heavy atom. The smallest absolute Gasteiger partial charge is 0.311 e. The first-order chi connectivity index (χ1) is 8.12. The molecule has 17 heavy (non-hydrogen) atoms. The maximum atomic E-state index is 11.9. The summed E-state index contributed by atoms with van der Waals surface area (Å²) in [5.74, 6) is -0.0709. The number of carbonyl (C=O) groups excluding carboxylic acids is 1. The Balaban J connectivity index is 2.39. The topological polar surface area (TPSA) is 26.3 Å². The van der Waals surface area contributed by atoms with Crippen LogP contribution in [-0.4, -0.2) is 12.6 Å². The van der Waals surface area contributed by atoms with E-state index in [1.807, 2.05) is 51.1 Å². The van der Waals surface area contributed by atoms with Gasteiger partial charge in [0.25, 0.3) is 0 Å². The number of carbonyl (C=O) groups is 1. The average molecular weight is 234 g/mol. The maximum Gasteiger partial charge on any atom is 0.311 e. The summed E-state index contributed by atoms with van der Waals surface area (Å²) in [6, 6.07) is 10.1. The summed E-state index contributed by atoms with van der Waals surface area (Å²) in [6.07, 6.45) is 2.44. The first kappa shape index (κ1) is 13.8. The molecule has 0 bridgehead atoms. The molecule has 0 amide bonds. The van der Waals surface area contributed by atoms with Gasteiger partial charge in [0.2, 0.25) is 0 Å². The van der Waals surface area contributed by atoms with Crippen molar-refractivity contribution >= 4 is 5.97 Å². The van der Waals surface area contributed by atoms with Crippen molar-refractivity contribution in [2.45, 2.75) is 40.0 Å². The van der Waals surface area contributed by atoms with Crippen LogP contribution >= 0.6 is 0 Å². The summed E-state index contributed by atoms with van der Waals surface area (Å²) in [5, 5.41) is 0. The molecule has 1 aromatic rings. The fraction of sp³-hybridized carbons (Fsp3) is 0.533. The molecular weight excluding hydrogens is 212 g/mol. The van der Waals surface area contributed by atoms with Crippen LogP contribution in [0.2, 0.25) is 0 Å². The van der Waals surface area contributed by atoms with E-state index in [0.29, 0.717) is 6.61 Å². The zero-order valence-corrected chi connectivity index (χ0v) is 11.0. The summed E-state index contributed by atoms with van der Waals surface area (Å²) in [7, 11) is 0. The fourth-order valence-electron chi connectivity index (χ4n) is 1.62. The molecule has 2 heteroatoms. The van der Waals surface area contributed by atoms with Gasteiger partial charge in [0.1, 0.15) is 0 Å². The monoisotopic (exact) mass is 234 g/mol. The molecule has 0 aromatic heterocycles. The summed E-state index contributed by atoms with van der Waals surface area (Å²) in [4.78, 5) is 11.9. The molecule has 0 atom stereocenters. The van der Waals surface area contributed by atoms with Crippen LogP contribution in [0, 0.1) is 5.41 Å². The van der Waals surface area contributed by atoms with E-state index in [1.54, 1.807) is 0 Å². The van der Waals surface area contributed by atoms with Gasteiger partial charge in [0.15, 0.2) is 0 Å². The first-order valence-corrected chi connectivity index (χ1v) is 6.33. The van der Waals surface area contributed by atoms with E-state index in [0.717, 1.165) is 19.3 Å². The number of rotatable bonds is 6. The molecule has 0 fully saturated rings. The lowest BCUT2D eigenvalue weighted by molar-refractivity contribution is -0.155. The standard InChI is InChI=1S/C15H22O2/c1-4-15(3,5-2)14(16)17-12-11-13-9-7-6-8-10-13/h6-10H,4-5,11-12H2,1-3H3. The van der Waals surface area contributed by atoms with Crippen LogP contribution in [0.15, 0.2) is 30.3 Å². The zero-order valence-electron chi connectivity index (χ0n) is 11.0. The molecular formula is C15H22O2. The maximum absolute atomic E-state index is 11.9. The molecule has 1 aromatic carbocycles. The third kappa shape index (κ3) is 3.88. The van der Waals surface area contributed by atoms with Crippen molar-refractivity contribution in [2.24, 2.45) is 5.41 Å². The van der Waals surface area contributed by atoms with Gasteiger partial charge in [0.05, 0.1) is 12.0 Å². The van der Waals surface area contributed by atoms with E-state index in [4.69, 9.17) is 4.74 Å². The van der Waals surface area contributed by atoms with Crippen molar-refractivity contribution in [3.63, 3.8) is 0 Å². The zero-order chi connectivity index (χ0) is 12.7.